The van der Waals surface area contributed by atoms with Gasteiger partial charge < -0.3 is 0 Å². The van der Waals surface area contributed by atoms with Gasteiger partial charge in [-0.25, -0.2) is 32.2 Å². The molecule has 0 N–H and O–H groups in total. The molecule has 0 aliphatic carbocycles. The third kappa shape index (κ3) is 2.98. The molecule has 4 amide bonds. The number of benzene rings is 4. The molecule has 0 unspecified atom stereocenters. The first-order chi connectivity index (χ1) is 19.1. The Bertz CT molecular complexity index is 1800. The summed E-state index contributed by atoms with van der Waals surface area (Å²) in [5.41, 5.74) is -5.49. The fraction of sp³-hybridized carbons (Fsp3) is 0. The molecule has 2 aliphatic heterocycles. The van der Waals surface area contributed by atoms with Crippen LogP contribution in [0.25, 0.3) is 15.6 Å². The lowest BCUT2D eigenvalue weighted by molar-refractivity contribution is 0.0863. The summed E-state index contributed by atoms with van der Waals surface area (Å²) in [5, 5.41) is 7.31. The van der Waals surface area contributed by atoms with Crippen molar-refractivity contribution in [3.8, 4) is 6.07 Å². The summed E-state index contributed by atoms with van der Waals surface area (Å²) in [5.74, 6) is -13.7. The highest BCUT2D eigenvalue weighted by atomic mass is 19.2. The Kier molecular flexibility index (Phi) is 5.08. The largest absolute Gasteiger partial charge is 0.269 e. The summed E-state index contributed by atoms with van der Waals surface area (Å²) < 4.78 is 62.5. The van der Waals surface area contributed by atoms with E-state index in [2.05, 4.69) is 4.85 Å². The first-order valence-electron chi connectivity index (χ1n) is 11.2. The van der Waals surface area contributed by atoms with Gasteiger partial charge in [-0.3, -0.25) is 19.2 Å². The number of carbonyl (C=O) groups is 4. The van der Waals surface area contributed by atoms with Gasteiger partial charge in [-0.2, -0.15) is 5.26 Å². The highest BCUT2D eigenvalue weighted by molar-refractivity contribution is 6.42. The molecule has 4 aromatic rings. The van der Waals surface area contributed by atoms with Gasteiger partial charge in [-0.1, -0.05) is 18.2 Å². The van der Waals surface area contributed by atoms with Gasteiger partial charge in [0.2, 0.25) is 0 Å². The van der Waals surface area contributed by atoms with E-state index in [9.17, 15) is 24.4 Å². The number of nitriles is 1. The minimum absolute atomic E-state index is 0.0361. The van der Waals surface area contributed by atoms with Gasteiger partial charge >= 0.3 is 0 Å². The van der Waals surface area contributed by atoms with E-state index in [4.69, 9.17) is 6.57 Å². The molecule has 4 aromatic carbocycles. The van der Waals surface area contributed by atoms with Gasteiger partial charge in [0.1, 0.15) is 0 Å². The van der Waals surface area contributed by atoms with Crippen LogP contribution in [0.2, 0.25) is 0 Å². The zero-order valence-corrected chi connectivity index (χ0v) is 19.6. The van der Waals surface area contributed by atoms with E-state index in [-0.39, 0.29) is 32.4 Å². The topological polar surface area (TPSA) is 103 Å². The first-order valence-corrected chi connectivity index (χ1v) is 11.2. The number of rotatable bonds is 2. The number of carbonyl (C=O) groups excluding carboxylic acids is 4. The van der Waals surface area contributed by atoms with Crippen LogP contribution >= 0.6 is 0 Å². The molecule has 0 saturated carbocycles. The van der Waals surface area contributed by atoms with E-state index in [1.807, 2.05) is 0 Å². The minimum Gasteiger partial charge on any atom is -0.268 e. The van der Waals surface area contributed by atoms with E-state index in [1.165, 1.54) is 30.3 Å². The molecule has 12 heteroatoms. The van der Waals surface area contributed by atoms with Crippen molar-refractivity contribution < 1.29 is 36.7 Å². The van der Waals surface area contributed by atoms with Gasteiger partial charge in [0.15, 0.2) is 29.0 Å². The zero-order chi connectivity index (χ0) is 28.6. The number of imide groups is 2. The molecular formula is C28H8F4N4O4. The van der Waals surface area contributed by atoms with Crippen LogP contribution in [0, 0.1) is 41.2 Å². The Morgan fingerprint density at radius 3 is 1.45 bits per heavy atom. The maximum atomic E-state index is 15.6. The molecule has 0 radical (unpaired) electrons. The van der Waals surface area contributed by atoms with Gasteiger partial charge in [0, 0.05) is 16.5 Å². The van der Waals surface area contributed by atoms with Crippen LogP contribution in [0.5, 0.6) is 0 Å². The fourth-order valence-electron chi connectivity index (χ4n) is 4.95. The summed E-state index contributed by atoms with van der Waals surface area (Å²) in [7, 11) is 0. The number of hydrogen-bond donors (Lipinski definition) is 0. The Morgan fingerprint density at radius 1 is 0.650 bits per heavy atom. The normalized spacial score (nSPS) is 14.1. The monoisotopic (exact) mass is 540 g/mol. The number of nitrogens with zero attached hydrogens (tertiary/aromatic N) is 4. The minimum atomic E-state index is -1.93. The maximum absolute atomic E-state index is 15.6. The Labute approximate surface area is 220 Å². The molecular weight excluding hydrogens is 532 g/mol. The molecule has 2 heterocycles. The fourth-order valence-corrected chi connectivity index (χ4v) is 4.95. The lowest BCUT2D eigenvalue weighted by Gasteiger charge is -2.33. The van der Waals surface area contributed by atoms with Gasteiger partial charge in [-0.05, 0) is 30.3 Å². The molecule has 8 nitrogen and oxygen atoms in total. The molecule has 0 atom stereocenters. The molecule has 0 fully saturated rings. The van der Waals surface area contributed by atoms with Crippen LogP contribution in [-0.4, -0.2) is 23.6 Å². The molecule has 40 heavy (non-hydrogen) atoms. The average molecular weight is 540 g/mol. The maximum Gasteiger partial charge on any atom is 0.269 e. The molecule has 0 spiro atoms. The smallest absolute Gasteiger partial charge is 0.268 e. The quantitative estimate of drug-likeness (QED) is 0.192. The van der Waals surface area contributed by atoms with Crippen molar-refractivity contribution in [1.29, 1.82) is 5.26 Å². The van der Waals surface area contributed by atoms with Gasteiger partial charge in [-0.15, -0.1) is 0 Å². The van der Waals surface area contributed by atoms with Crippen molar-refractivity contribution in [1.82, 2.24) is 0 Å². The predicted octanol–water partition coefficient (Wildman–Crippen LogP) is 5.42. The van der Waals surface area contributed by atoms with Crippen molar-refractivity contribution in [3.05, 3.63) is 111 Å². The lowest BCUT2D eigenvalue weighted by Crippen LogP contribution is -2.46. The van der Waals surface area contributed by atoms with E-state index in [0.717, 1.165) is 18.2 Å². The van der Waals surface area contributed by atoms with Crippen molar-refractivity contribution in [2.45, 2.75) is 0 Å². The van der Waals surface area contributed by atoms with E-state index < -0.39 is 79.9 Å². The molecule has 0 aromatic heterocycles. The molecule has 0 saturated heterocycles. The standard InChI is InChI=1S/C28H8F4N4O4/c1-34-12-5-3-7-14(9-12)36-27(39)19-16-15-17(21(29)23(19)31)25(37)35(13-6-2-4-11(8-13)10-33)26(38)18(15)22(30)24(32)20(16)28(36)40/h2-9H. The highest BCUT2D eigenvalue weighted by Crippen LogP contribution is 2.45. The van der Waals surface area contributed by atoms with Crippen molar-refractivity contribution >= 4 is 51.5 Å². The Hall–Kier alpha value is -5.88. The number of hydrogen-bond acceptors (Lipinski definition) is 5. The second-order valence-electron chi connectivity index (χ2n) is 8.69. The van der Waals surface area contributed by atoms with E-state index in [0.29, 0.717) is 0 Å². The van der Waals surface area contributed by atoms with Crippen LogP contribution in [0.15, 0.2) is 48.5 Å². The zero-order valence-electron chi connectivity index (χ0n) is 19.6. The van der Waals surface area contributed by atoms with Crippen LogP contribution in [0.4, 0.5) is 34.6 Å². The summed E-state index contributed by atoms with van der Waals surface area (Å²) in [6.07, 6.45) is 0. The van der Waals surface area contributed by atoms with Crippen molar-refractivity contribution in [2.75, 3.05) is 9.80 Å². The van der Waals surface area contributed by atoms with E-state index in [1.54, 1.807) is 6.07 Å². The SMILES string of the molecule is [C-]#[N+]c1cccc(N2C(=O)c3c(F)c(F)c4c5c(c(F)c(F)c(c35)C2=O)C(=O)N(c2cccc(C#N)c2)C4=O)c1. The summed E-state index contributed by atoms with van der Waals surface area (Å²) in [6.45, 7) is 7.14. The second-order valence-corrected chi connectivity index (χ2v) is 8.69. The summed E-state index contributed by atoms with van der Waals surface area (Å²) in [4.78, 5) is 57.4. The third-order valence-corrected chi connectivity index (χ3v) is 6.63. The predicted molar refractivity (Wildman–Crippen MR) is 130 cm³/mol. The van der Waals surface area contributed by atoms with Crippen LogP contribution < -0.4 is 9.80 Å². The van der Waals surface area contributed by atoms with Crippen LogP contribution in [0.1, 0.15) is 47.0 Å². The number of anilines is 2. The summed E-state index contributed by atoms with van der Waals surface area (Å²) >= 11 is 0. The third-order valence-electron chi connectivity index (χ3n) is 6.63. The lowest BCUT2D eigenvalue weighted by atomic mass is 9.84. The molecule has 6 rings (SSSR count). The second kappa shape index (κ2) is 8.31. The van der Waals surface area contributed by atoms with Crippen molar-refractivity contribution in [3.63, 3.8) is 0 Å². The number of halogens is 4. The molecule has 192 valence electrons. The number of amides is 4. The van der Waals surface area contributed by atoms with Crippen molar-refractivity contribution in [2.24, 2.45) is 0 Å². The molecule has 2 aliphatic rings. The Balaban J connectivity index is 1.70. The van der Waals surface area contributed by atoms with Crippen LogP contribution in [0.3, 0.4) is 0 Å². The Morgan fingerprint density at radius 2 is 1.05 bits per heavy atom. The average Bonchev–Trinajstić information content (AvgIpc) is 2.94. The first kappa shape index (κ1) is 24.5. The van der Waals surface area contributed by atoms with E-state index >= 15 is 17.6 Å². The highest BCUT2D eigenvalue weighted by Gasteiger charge is 2.48. The van der Waals surface area contributed by atoms with Gasteiger partial charge in [0.05, 0.1) is 46.1 Å². The van der Waals surface area contributed by atoms with Crippen LogP contribution in [-0.2, 0) is 0 Å². The van der Waals surface area contributed by atoms with Gasteiger partial charge in [0.25, 0.3) is 23.6 Å². The summed E-state index contributed by atoms with van der Waals surface area (Å²) in [6, 6.07) is 11.4. The molecule has 0 bridgehead atoms.